The van der Waals surface area contributed by atoms with Crippen LogP contribution in [0.15, 0.2) is 15.0 Å². The van der Waals surface area contributed by atoms with E-state index in [1.807, 2.05) is 0 Å². The van der Waals surface area contributed by atoms with E-state index in [1.165, 1.54) is 25.6 Å². The molecule has 0 fully saturated rings. The molecule has 3 heteroatoms. The van der Waals surface area contributed by atoms with E-state index in [2.05, 4.69) is 58.7 Å². The second-order valence-electron chi connectivity index (χ2n) is 4.83. The van der Waals surface area contributed by atoms with Crippen LogP contribution >= 0.6 is 43.5 Å². The Morgan fingerprint density at radius 3 is 2.60 bits per heavy atom. The number of rotatable bonds is 0. The molecule has 0 radical (unpaired) electrons. The molecule has 1 aromatic carbocycles. The van der Waals surface area contributed by atoms with Crippen LogP contribution in [0.4, 0.5) is 0 Å². The van der Waals surface area contributed by atoms with Gasteiger partial charge in [-0.15, -0.1) is 11.6 Å². The number of aryl methyl sites for hydroxylation is 1. The highest BCUT2D eigenvalue weighted by molar-refractivity contribution is 9.11. The van der Waals surface area contributed by atoms with Gasteiger partial charge in [-0.1, -0.05) is 45.7 Å². The number of hydrogen-bond acceptors (Lipinski definition) is 0. The van der Waals surface area contributed by atoms with E-state index in [1.54, 1.807) is 0 Å². The molecular weight excluding hydrogens is 339 g/mol. The standard InChI is InChI=1S/C12H13Br2Cl/c1-6-4-7(13)10-9(11(6)14)8(15)5-12(10,2)3/h4,8H,5H2,1-3H3. The lowest BCUT2D eigenvalue weighted by Gasteiger charge is -2.21. The highest BCUT2D eigenvalue weighted by atomic mass is 79.9. The van der Waals surface area contributed by atoms with Gasteiger partial charge in [0.05, 0.1) is 5.38 Å². The summed E-state index contributed by atoms with van der Waals surface area (Å²) in [5.41, 5.74) is 4.04. The first-order valence-electron chi connectivity index (χ1n) is 4.97. The normalized spacial score (nSPS) is 22.9. The Balaban J connectivity index is 2.78. The van der Waals surface area contributed by atoms with Crippen LogP contribution in [0.5, 0.6) is 0 Å². The number of halogens is 3. The Labute approximate surface area is 113 Å². The average Bonchev–Trinajstić information content (AvgIpc) is 2.32. The SMILES string of the molecule is Cc1cc(Br)c2c(c1Br)C(Cl)CC2(C)C. The average molecular weight is 352 g/mol. The summed E-state index contributed by atoms with van der Waals surface area (Å²) in [6, 6.07) is 2.17. The highest BCUT2D eigenvalue weighted by Gasteiger charge is 2.39. The van der Waals surface area contributed by atoms with Crippen LogP contribution in [0.3, 0.4) is 0 Å². The highest BCUT2D eigenvalue weighted by Crippen LogP contribution is 2.53. The number of hydrogen-bond donors (Lipinski definition) is 0. The van der Waals surface area contributed by atoms with Crippen molar-refractivity contribution in [3.05, 3.63) is 31.7 Å². The second-order valence-corrected chi connectivity index (χ2v) is 7.01. The lowest BCUT2D eigenvalue weighted by atomic mass is 9.86. The van der Waals surface area contributed by atoms with Gasteiger partial charge in [0.2, 0.25) is 0 Å². The van der Waals surface area contributed by atoms with E-state index in [9.17, 15) is 0 Å². The van der Waals surface area contributed by atoms with E-state index >= 15 is 0 Å². The Morgan fingerprint density at radius 1 is 1.40 bits per heavy atom. The molecule has 0 heterocycles. The minimum atomic E-state index is 0.126. The minimum Gasteiger partial charge on any atom is -0.118 e. The summed E-state index contributed by atoms with van der Waals surface area (Å²) in [6.45, 7) is 6.60. The summed E-state index contributed by atoms with van der Waals surface area (Å²) >= 11 is 13.7. The fourth-order valence-corrected chi connectivity index (χ4v) is 4.83. The van der Waals surface area contributed by atoms with E-state index in [0.29, 0.717) is 0 Å². The fourth-order valence-electron chi connectivity index (χ4n) is 2.41. The van der Waals surface area contributed by atoms with Crippen molar-refractivity contribution < 1.29 is 0 Å². The lowest BCUT2D eigenvalue weighted by molar-refractivity contribution is 0.515. The molecule has 0 spiro atoms. The predicted octanol–water partition coefficient (Wildman–Crippen LogP) is 5.48. The van der Waals surface area contributed by atoms with Crippen LogP contribution in [0, 0.1) is 6.92 Å². The summed E-state index contributed by atoms with van der Waals surface area (Å²) in [4.78, 5) is 0. The van der Waals surface area contributed by atoms with E-state index in [-0.39, 0.29) is 10.8 Å². The summed E-state index contributed by atoms with van der Waals surface area (Å²) in [5.74, 6) is 0. The van der Waals surface area contributed by atoms with Crippen molar-refractivity contribution in [2.24, 2.45) is 0 Å². The van der Waals surface area contributed by atoms with Crippen molar-refractivity contribution in [3.8, 4) is 0 Å². The van der Waals surface area contributed by atoms with Crippen LogP contribution in [-0.4, -0.2) is 0 Å². The first-order chi connectivity index (χ1) is 6.84. The Bertz CT molecular complexity index is 424. The topological polar surface area (TPSA) is 0 Å². The molecule has 1 aliphatic rings. The number of alkyl halides is 1. The van der Waals surface area contributed by atoms with Gasteiger partial charge in [0.25, 0.3) is 0 Å². The molecule has 15 heavy (non-hydrogen) atoms. The molecule has 1 atom stereocenters. The van der Waals surface area contributed by atoms with Gasteiger partial charge >= 0.3 is 0 Å². The predicted molar refractivity (Wildman–Crippen MR) is 72.8 cm³/mol. The maximum absolute atomic E-state index is 6.43. The molecule has 0 saturated carbocycles. The second kappa shape index (κ2) is 3.75. The van der Waals surface area contributed by atoms with Gasteiger partial charge in [-0.05, 0) is 41.5 Å². The first kappa shape index (κ1) is 11.9. The Morgan fingerprint density at radius 2 is 2.00 bits per heavy atom. The molecule has 0 bridgehead atoms. The zero-order valence-electron chi connectivity index (χ0n) is 9.00. The Hall–Kier alpha value is 0.470. The summed E-state index contributed by atoms with van der Waals surface area (Å²) in [6.07, 6.45) is 1.00. The van der Waals surface area contributed by atoms with Gasteiger partial charge in [-0.25, -0.2) is 0 Å². The maximum atomic E-state index is 6.43. The van der Waals surface area contributed by atoms with E-state index in [4.69, 9.17) is 11.6 Å². The van der Waals surface area contributed by atoms with Gasteiger partial charge in [-0.3, -0.25) is 0 Å². The molecule has 0 N–H and O–H groups in total. The van der Waals surface area contributed by atoms with Crippen molar-refractivity contribution >= 4 is 43.5 Å². The number of fused-ring (bicyclic) bond motifs is 1. The van der Waals surface area contributed by atoms with Crippen molar-refractivity contribution in [2.45, 2.75) is 38.0 Å². The fraction of sp³-hybridized carbons (Fsp3) is 0.500. The molecule has 0 aromatic heterocycles. The summed E-state index contributed by atoms with van der Waals surface area (Å²) in [5, 5.41) is 0.126. The monoisotopic (exact) mass is 350 g/mol. The third-order valence-electron chi connectivity index (χ3n) is 3.11. The van der Waals surface area contributed by atoms with Gasteiger partial charge in [0.15, 0.2) is 0 Å². The maximum Gasteiger partial charge on any atom is 0.0608 e. The van der Waals surface area contributed by atoms with Crippen LogP contribution in [0.1, 0.15) is 42.3 Å². The molecule has 0 nitrogen and oxygen atoms in total. The van der Waals surface area contributed by atoms with Crippen LogP contribution in [0.2, 0.25) is 0 Å². The van der Waals surface area contributed by atoms with Crippen LogP contribution in [0.25, 0.3) is 0 Å². The van der Waals surface area contributed by atoms with Crippen LogP contribution < -0.4 is 0 Å². The molecule has 0 aliphatic heterocycles. The van der Waals surface area contributed by atoms with Crippen molar-refractivity contribution in [2.75, 3.05) is 0 Å². The molecule has 2 rings (SSSR count). The quantitative estimate of drug-likeness (QED) is 0.542. The molecule has 0 saturated heterocycles. The van der Waals surface area contributed by atoms with E-state index in [0.717, 1.165) is 6.42 Å². The van der Waals surface area contributed by atoms with Gasteiger partial charge < -0.3 is 0 Å². The summed E-state index contributed by atoms with van der Waals surface area (Å²) in [7, 11) is 0. The van der Waals surface area contributed by atoms with Gasteiger partial charge in [0.1, 0.15) is 0 Å². The molecule has 1 aliphatic carbocycles. The molecule has 0 amide bonds. The van der Waals surface area contributed by atoms with Crippen LogP contribution in [-0.2, 0) is 5.41 Å². The zero-order valence-corrected chi connectivity index (χ0v) is 12.9. The first-order valence-corrected chi connectivity index (χ1v) is 7.00. The largest absolute Gasteiger partial charge is 0.118 e. The van der Waals surface area contributed by atoms with E-state index < -0.39 is 0 Å². The van der Waals surface area contributed by atoms with Crippen molar-refractivity contribution in [1.82, 2.24) is 0 Å². The van der Waals surface area contributed by atoms with Crippen molar-refractivity contribution in [3.63, 3.8) is 0 Å². The molecular formula is C12H13Br2Cl. The smallest absolute Gasteiger partial charge is 0.0608 e. The minimum absolute atomic E-state index is 0.126. The van der Waals surface area contributed by atoms with Gasteiger partial charge in [0, 0.05) is 8.95 Å². The molecule has 1 aromatic rings. The molecule has 82 valence electrons. The van der Waals surface area contributed by atoms with Gasteiger partial charge in [-0.2, -0.15) is 0 Å². The lowest BCUT2D eigenvalue weighted by Crippen LogP contribution is -2.12. The third kappa shape index (κ3) is 1.79. The third-order valence-corrected chi connectivity index (χ3v) is 5.16. The Kier molecular flexibility index (Phi) is 2.98. The van der Waals surface area contributed by atoms with Crippen molar-refractivity contribution in [1.29, 1.82) is 0 Å². The summed E-state index contributed by atoms with van der Waals surface area (Å²) < 4.78 is 2.36. The molecule has 1 unspecified atom stereocenters. The number of benzene rings is 1. The zero-order chi connectivity index (χ0) is 11.4.